The maximum absolute atomic E-state index is 13.5. The lowest BCUT2D eigenvalue weighted by atomic mass is 10.0. The first-order chi connectivity index (χ1) is 9.92. The van der Waals surface area contributed by atoms with Gasteiger partial charge in [-0.1, -0.05) is 0 Å². The van der Waals surface area contributed by atoms with E-state index in [1.54, 1.807) is 0 Å². The van der Waals surface area contributed by atoms with Crippen LogP contribution in [-0.2, 0) is 16.8 Å². The third-order valence-electron chi connectivity index (χ3n) is 3.53. The molecule has 1 aliphatic rings. The van der Waals surface area contributed by atoms with E-state index < -0.39 is 21.8 Å². The Labute approximate surface area is 122 Å². The number of rotatable bonds is 5. The zero-order chi connectivity index (χ0) is 15.5. The van der Waals surface area contributed by atoms with Crippen LogP contribution in [0.5, 0.6) is 0 Å². The third-order valence-corrected chi connectivity index (χ3v) is 5.05. The summed E-state index contributed by atoms with van der Waals surface area (Å²) < 4.78 is 54.3. The number of nitrogens with zero attached hydrogens (tertiary/aromatic N) is 1. The van der Waals surface area contributed by atoms with Crippen molar-refractivity contribution in [2.75, 3.05) is 19.7 Å². The van der Waals surface area contributed by atoms with E-state index in [1.165, 1.54) is 4.31 Å². The first-order valence-corrected chi connectivity index (χ1v) is 8.16. The van der Waals surface area contributed by atoms with Gasteiger partial charge >= 0.3 is 0 Å². The number of piperidine rings is 1. The molecule has 0 spiro atoms. The number of hydrogen-bond donors (Lipinski definition) is 2. The summed E-state index contributed by atoms with van der Waals surface area (Å²) in [6.07, 6.45) is 1.45. The summed E-state index contributed by atoms with van der Waals surface area (Å²) >= 11 is 0. The van der Waals surface area contributed by atoms with Crippen molar-refractivity contribution < 1.29 is 22.3 Å². The Balaban J connectivity index is 2.02. The Hall–Kier alpha value is -1.09. The highest BCUT2D eigenvalue weighted by Gasteiger charge is 2.28. The largest absolute Gasteiger partial charge is 0.396 e. The fraction of sp³-hybridized carbons (Fsp3) is 0.538. The molecule has 1 unspecified atom stereocenters. The van der Waals surface area contributed by atoms with Gasteiger partial charge in [0.15, 0.2) is 0 Å². The van der Waals surface area contributed by atoms with Crippen molar-refractivity contribution in [2.45, 2.75) is 19.4 Å². The molecule has 5 nitrogen and oxygen atoms in total. The van der Waals surface area contributed by atoms with Gasteiger partial charge in [-0.25, -0.2) is 8.78 Å². The molecular formula is C13H18F2N2O3S. The maximum atomic E-state index is 13.5. The topological polar surface area (TPSA) is 69.6 Å². The van der Waals surface area contributed by atoms with E-state index in [1.807, 2.05) is 0 Å². The van der Waals surface area contributed by atoms with Gasteiger partial charge in [-0.2, -0.15) is 17.4 Å². The molecule has 0 bridgehead atoms. The Bertz CT molecular complexity index is 595. The second-order valence-corrected chi connectivity index (χ2v) is 6.87. The van der Waals surface area contributed by atoms with Gasteiger partial charge in [0, 0.05) is 31.8 Å². The molecule has 1 aromatic carbocycles. The summed E-state index contributed by atoms with van der Waals surface area (Å²) in [7, 11) is -3.77. The fourth-order valence-corrected chi connectivity index (χ4v) is 3.63. The summed E-state index contributed by atoms with van der Waals surface area (Å²) in [4.78, 5) is 0. The molecule has 8 heteroatoms. The lowest BCUT2D eigenvalue weighted by Gasteiger charge is -2.30. The number of benzene rings is 1. The molecule has 0 saturated carbocycles. The molecule has 0 aromatic heterocycles. The summed E-state index contributed by atoms with van der Waals surface area (Å²) in [5, 5.41) is 9.12. The highest BCUT2D eigenvalue weighted by Crippen LogP contribution is 2.18. The molecule has 1 saturated heterocycles. The van der Waals surface area contributed by atoms with Gasteiger partial charge in [-0.3, -0.25) is 0 Å². The minimum Gasteiger partial charge on any atom is -0.396 e. The summed E-state index contributed by atoms with van der Waals surface area (Å²) in [6, 6.07) is 2.90. The minimum atomic E-state index is -3.77. The van der Waals surface area contributed by atoms with Gasteiger partial charge in [0.1, 0.15) is 11.6 Å². The van der Waals surface area contributed by atoms with Crippen LogP contribution in [0.15, 0.2) is 18.2 Å². The predicted molar refractivity (Wildman–Crippen MR) is 73.5 cm³/mol. The lowest BCUT2D eigenvalue weighted by Crippen LogP contribution is -2.46. The number of aliphatic hydroxyl groups excluding tert-OH is 1. The zero-order valence-electron chi connectivity index (χ0n) is 11.4. The zero-order valence-corrected chi connectivity index (χ0v) is 12.2. The van der Waals surface area contributed by atoms with E-state index in [9.17, 15) is 17.2 Å². The second kappa shape index (κ2) is 6.78. The molecule has 0 aliphatic carbocycles. The van der Waals surface area contributed by atoms with Crippen LogP contribution in [0.1, 0.15) is 18.4 Å². The lowest BCUT2D eigenvalue weighted by molar-refractivity contribution is 0.164. The van der Waals surface area contributed by atoms with E-state index >= 15 is 0 Å². The Morgan fingerprint density at radius 1 is 1.38 bits per heavy atom. The van der Waals surface area contributed by atoms with Crippen molar-refractivity contribution in [3.05, 3.63) is 35.4 Å². The van der Waals surface area contributed by atoms with E-state index in [-0.39, 0.29) is 31.2 Å². The molecule has 1 aromatic rings. The van der Waals surface area contributed by atoms with Crippen molar-refractivity contribution in [1.82, 2.24) is 9.03 Å². The van der Waals surface area contributed by atoms with Crippen LogP contribution in [-0.4, -0.2) is 37.5 Å². The van der Waals surface area contributed by atoms with Gasteiger partial charge < -0.3 is 5.11 Å². The van der Waals surface area contributed by atoms with Crippen LogP contribution in [0.2, 0.25) is 0 Å². The Morgan fingerprint density at radius 3 is 2.86 bits per heavy atom. The quantitative estimate of drug-likeness (QED) is 0.850. The molecule has 1 aliphatic heterocycles. The molecular weight excluding hydrogens is 302 g/mol. The monoisotopic (exact) mass is 320 g/mol. The van der Waals surface area contributed by atoms with Crippen LogP contribution in [0.25, 0.3) is 0 Å². The molecule has 2 N–H and O–H groups in total. The van der Waals surface area contributed by atoms with Crippen molar-refractivity contribution in [3.63, 3.8) is 0 Å². The first-order valence-electron chi connectivity index (χ1n) is 6.72. The second-order valence-electron chi connectivity index (χ2n) is 5.11. The van der Waals surface area contributed by atoms with Crippen molar-refractivity contribution in [3.8, 4) is 0 Å². The highest BCUT2D eigenvalue weighted by molar-refractivity contribution is 7.87. The highest BCUT2D eigenvalue weighted by atomic mass is 32.2. The van der Waals surface area contributed by atoms with Crippen LogP contribution in [0.3, 0.4) is 0 Å². The Kier molecular flexibility index (Phi) is 5.26. The minimum absolute atomic E-state index is 0.0470. The van der Waals surface area contributed by atoms with E-state index in [2.05, 4.69) is 4.72 Å². The number of halogens is 2. The van der Waals surface area contributed by atoms with Gasteiger partial charge in [0.25, 0.3) is 10.2 Å². The van der Waals surface area contributed by atoms with E-state index in [4.69, 9.17) is 5.11 Å². The van der Waals surface area contributed by atoms with Crippen molar-refractivity contribution >= 4 is 10.2 Å². The van der Waals surface area contributed by atoms with Crippen LogP contribution < -0.4 is 4.72 Å². The maximum Gasteiger partial charge on any atom is 0.279 e. The molecule has 1 fully saturated rings. The number of aliphatic hydroxyl groups is 1. The smallest absolute Gasteiger partial charge is 0.279 e. The summed E-state index contributed by atoms with van der Waals surface area (Å²) in [6.45, 7) is 0.214. The average Bonchev–Trinajstić information content (AvgIpc) is 2.48. The van der Waals surface area contributed by atoms with Crippen LogP contribution >= 0.6 is 0 Å². The molecule has 21 heavy (non-hydrogen) atoms. The van der Waals surface area contributed by atoms with Crippen LogP contribution in [0.4, 0.5) is 8.78 Å². The van der Waals surface area contributed by atoms with Gasteiger partial charge in [0.2, 0.25) is 0 Å². The predicted octanol–water partition coefficient (Wildman–Crippen LogP) is 1.00. The molecule has 118 valence electrons. The summed E-state index contributed by atoms with van der Waals surface area (Å²) in [5.41, 5.74) is -0.0470. The molecule has 2 rings (SSSR count). The fourth-order valence-electron chi connectivity index (χ4n) is 2.33. The molecule has 1 heterocycles. The van der Waals surface area contributed by atoms with Crippen LogP contribution in [0, 0.1) is 17.6 Å². The molecule has 1 atom stereocenters. The number of hydrogen-bond acceptors (Lipinski definition) is 3. The van der Waals surface area contributed by atoms with E-state index in [0.29, 0.717) is 13.0 Å². The Morgan fingerprint density at radius 2 is 2.14 bits per heavy atom. The van der Waals surface area contributed by atoms with E-state index in [0.717, 1.165) is 24.6 Å². The van der Waals surface area contributed by atoms with Gasteiger partial charge in [-0.05, 0) is 37.0 Å². The van der Waals surface area contributed by atoms with Crippen molar-refractivity contribution in [1.29, 1.82) is 0 Å². The van der Waals surface area contributed by atoms with Gasteiger partial charge in [0.05, 0.1) is 0 Å². The standard InChI is InChI=1S/C13H18F2N2O3S/c14-12-3-4-13(15)11(6-12)7-16-21(19,20)17-5-1-2-10(8-17)9-18/h3-4,6,10,16,18H,1-2,5,7-9H2. The number of nitrogens with one attached hydrogen (secondary N) is 1. The van der Waals surface area contributed by atoms with Crippen molar-refractivity contribution in [2.24, 2.45) is 5.92 Å². The average molecular weight is 320 g/mol. The SMILES string of the molecule is O=S(=O)(NCc1cc(F)ccc1F)N1CCCC(CO)C1. The normalized spacial score (nSPS) is 20.6. The molecule has 0 radical (unpaired) electrons. The molecule has 0 amide bonds. The van der Waals surface area contributed by atoms with Gasteiger partial charge in [-0.15, -0.1) is 0 Å². The third kappa shape index (κ3) is 4.19. The summed E-state index contributed by atoms with van der Waals surface area (Å²) in [5.74, 6) is -1.36. The first kappa shape index (κ1) is 16.3.